The summed E-state index contributed by atoms with van der Waals surface area (Å²) in [6.07, 6.45) is 0. The summed E-state index contributed by atoms with van der Waals surface area (Å²) in [5.41, 5.74) is 4.84. The van der Waals surface area contributed by atoms with Gasteiger partial charge >= 0.3 is 0 Å². The van der Waals surface area contributed by atoms with Gasteiger partial charge in [-0.25, -0.2) is 0 Å². The molecule has 6 heteroatoms. The molecule has 0 aliphatic rings. The highest BCUT2D eigenvalue weighted by molar-refractivity contribution is 5.74. The van der Waals surface area contributed by atoms with Crippen LogP contribution in [0.5, 0.6) is 0 Å². The fourth-order valence-corrected chi connectivity index (χ4v) is 0.692. The van der Waals surface area contributed by atoms with Crippen LogP contribution < -0.4 is 11.1 Å². The molecule has 0 atom stereocenters. The molecule has 0 heterocycles. The van der Waals surface area contributed by atoms with Gasteiger partial charge in [0.15, 0.2) is 0 Å². The van der Waals surface area contributed by atoms with Crippen LogP contribution in [0.25, 0.3) is 0 Å². The summed E-state index contributed by atoms with van der Waals surface area (Å²) >= 11 is 0. The van der Waals surface area contributed by atoms with E-state index in [1.807, 2.05) is 0 Å². The van der Waals surface area contributed by atoms with E-state index in [1.54, 1.807) is 0 Å². The van der Waals surface area contributed by atoms with Crippen molar-refractivity contribution in [1.82, 2.24) is 5.32 Å². The Hall–Kier alpha value is -1.14. The van der Waals surface area contributed by atoms with Crippen molar-refractivity contribution in [3.05, 3.63) is 0 Å². The Balaban J connectivity index is 2.99. The minimum absolute atomic E-state index is 0.0846. The number of carbonyl (C=O) groups is 2. The second-order valence-electron chi connectivity index (χ2n) is 2.61. The van der Waals surface area contributed by atoms with Crippen LogP contribution >= 0.6 is 0 Å². The van der Waals surface area contributed by atoms with Crippen LogP contribution in [0.15, 0.2) is 0 Å². The molecule has 14 heavy (non-hydrogen) atoms. The molecular weight excluding hydrogens is 188 g/mol. The lowest BCUT2D eigenvalue weighted by molar-refractivity contribution is -0.123. The SMILES string of the molecule is CC(=O)NCCOCCOCC(N)=O. The second-order valence-corrected chi connectivity index (χ2v) is 2.61. The molecule has 3 N–H and O–H groups in total. The van der Waals surface area contributed by atoms with Crippen molar-refractivity contribution in [2.24, 2.45) is 5.73 Å². The number of rotatable bonds is 8. The van der Waals surface area contributed by atoms with E-state index < -0.39 is 5.91 Å². The van der Waals surface area contributed by atoms with Gasteiger partial charge in [0.05, 0.1) is 19.8 Å². The van der Waals surface area contributed by atoms with Gasteiger partial charge in [0, 0.05) is 13.5 Å². The molecule has 0 fully saturated rings. The molecule has 0 aromatic heterocycles. The summed E-state index contributed by atoms with van der Waals surface area (Å²) in [6, 6.07) is 0. The van der Waals surface area contributed by atoms with Crippen LogP contribution in [0.1, 0.15) is 6.92 Å². The van der Waals surface area contributed by atoms with Gasteiger partial charge in [-0.05, 0) is 0 Å². The average Bonchev–Trinajstić information content (AvgIpc) is 2.08. The van der Waals surface area contributed by atoms with Crippen LogP contribution in [0, 0.1) is 0 Å². The average molecular weight is 204 g/mol. The third-order valence-corrected chi connectivity index (χ3v) is 1.24. The number of ether oxygens (including phenoxy) is 2. The second kappa shape index (κ2) is 8.46. The van der Waals surface area contributed by atoms with Crippen molar-refractivity contribution in [2.75, 3.05) is 33.0 Å². The minimum Gasteiger partial charge on any atom is -0.377 e. The van der Waals surface area contributed by atoms with Crippen molar-refractivity contribution in [3.63, 3.8) is 0 Å². The van der Waals surface area contributed by atoms with E-state index in [0.29, 0.717) is 26.4 Å². The molecule has 82 valence electrons. The molecule has 0 saturated heterocycles. The van der Waals surface area contributed by atoms with Gasteiger partial charge in [-0.15, -0.1) is 0 Å². The van der Waals surface area contributed by atoms with Crippen LogP contribution in [-0.2, 0) is 19.1 Å². The van der Waals surface area contributed by atoms with Crippen LogP contribution in [0.2, 0.25) is 0 Å². The summed E-state index contributed by atoms with van der Waals surface area (Å²) in [5, 5.41) is 2.58. The van der Waals surface area contributed by atoms with Crippen molar-refractivity contribution in [1.29, 1.82) is 0 Å². The Morgan fingerprint density at radius 3 is 2.43 bits per heavy atom. The van der Waals surface area contributed by atoms with E-state index in [0.717, 1.165) is 0 Å². The fraction of sp³-hybridized carbons (Fsp3) is 0.750. The molecule has 0 aliphatic carbocycles. The fourth-order valence-electron chi connectivity index (χ4n) is 0.692. The number of carbonyl (C=O) groups excluding carboxylic acids is 2. The standard InChI is InChI=1S/C8H16N2O4/c1-7(11)10-2-3-13-4-5-14-6-8(9)12/h2-6H2,1H3,(H2,9,12)(H,10,11). The van der Waals surface area contributed by atoms with E-state index in [1.165, 1.54) is 6.92 Å². The van der Waals surface area contributed by atoms with Gasteiger partial charge in [0.25, 0.3) is 0 Å². The van der Waals surface area contributed by atoms with E-state index in [2.05, 4.69) is 5.32 Å². The molecule has 0 rings (SSSR count). The van der Waals surface area contributed by atoms with Crippen LogP contribution in [0.4, 0.5) is 0 Å². The quantitative estimate of drug-likeness (QED) is 0.478. The third-order valence-electron chi connectivity index (χ3n) is 1.24. The summed E-state index contributed by atoms with van der Waals surface area (Å²) in [7, 11) is 0. The van der Waals surface area contributed by atoms with Crippen LogP contribution in [-0.4, -0.2) is 44.8 Å². The van der Waals surface area contributed by atoms with Crippen molar-refractivity contribution < 1.29 is 19.1 Å². The lowest BCUT2D eigenvalue weighted by Gasteiger charge is -2.04. The Kier molecular flexibility index (Phi) is 7.77. The molecule has 0 aromatic carbocycles. The van der Waals surface area contributed by atoms with Gasteiger partial charge in [-0.3, -0.25) is 9.59 Å². The predicted molar refractivity (Wildman–Crippen MR) is 49.5 cm³/mol. The summed E-state index contributed by atoms with van der Waals surface area (Å²) in [4.78, 5) is 20.6. The first-order valence-electron chi connectivity index (χ1n) is 4.31. The summed E-state index contributed by atoms with van der Waals surface area (Å²) < 4.78 is 9.91. The van der Waals surface area contributed by atoms with E-state index >= 15 is 0 Å². The normalized spacial score (nSPS) is 9.79. The lowest BCUT2D eigenvalue weighted by Crippen LogP contribution is -2.25. The number of hydrogen-bond acceptors (Lipinski definition) is 4. The minimum atomic E-state index is -0.497. The number of primary amides is 1. The Bertz CT molecular complexity index is 164. The van der Waals surface area contributed by atoms with Gasteiger partial charge in [0.1, 0.15) is 6.61 Å². The number of hydrogen-bond donors (Lipinski definition) is 2. The van der Waals surface area contributed by atoms with Gasteiger partial charge < -0.3 is 20.5 Å². The first-order valence-corrected chi connectivity index (χ1v) is 4.31. The highest BCUT2D eigenvalue weighted by Gasteiger charge is 1.94. The first kappa shape index (κ1) is 12.9. The van der Waals surface area contributed by atoms with Gasteiger partial charge in [-0.2, -0.15) is 0 Å². The summed E-state index contributed by atoms with van der Waals surface area (Å²) in [5.74, 6) is -0.582. The highest BCUT2D eigenvalue weighted by Crippen LogP contribution is 1.77. The number of amides is 2. The third kappa shape index (κ3) is 10.9. The summed E-state index contributed by atoms with van der Waals surface area (Å²) in [6.45, 7) is 2.96. The Morgan fingerprint density at radius 2 is 1.86 bits per heavy atom. The van der Waals surface area contributed by atoms with E-state index in [9.17, 15) is 9.59 Å². The first-order chi connectivity index (χ1) is 6.63. The zero-order valence-corrected chi connectivity index (χ0v) is 8.25. The molecule has 0 spiro atoms. The zero-order valence-electron chi connectivity index (χ0n) is 8.25. The van der Waals surface area contributed by atoms with Crippen LogP contribution in [0.3, 0.4) is 0 Å². The molecule has 6 nitrogen and oxygen atoms in total. The lowest BCUT2D eigenvalue weighted by atomic mass is 10.6. The maximum Gasteiger partial charge on any atom is 0.243 e. The van der Waals surface area contributed by atoms with Gasteiger partial charge in [-0.1, -0.05) is 0 Å². The molecule has 0 saturated carbocycles. The number of nitrogens with two attached hydrogens (primary N) is 1. The largest absolute Gasteiger partial charge is 0.377 e. The van der Waals surface area contributed by atoms with E-state index in [-0.39, 0.29) is 12.5 Å². The molecule has 0 bridgehead atoms. The van der Waals surface area contributed by atoms with Crippen molar-refractivity contribution >= 4 is 11.8 Å². The number of nitrogens with one attached hydrogen (secondary N) is 1. The topological polar surface area (TPSA) is 90.7 Å². The van der Waals surface area contributed by atoms with Crippen molar-refractivity contribution in [2.45, 2.75) is 6.92 Å². The molecular formula is C8H16N2O4. The highest BCUT2D eigenvalue weighted by atomic mass is 16.5. The Morgan fingerprint density at radius 1 is 1.21 bits per heavy atom. The van der Waals surface area contributed by atoms with E-state index in [4.69, 9.17) is 15.2 Å². The van der Waals surface area contributed by atoms with Crippen molar-refractivity contribution in [3.8, 4) is 0 Å². The smallest absolute Gasteiger partial charge is 0.243 e. The Labute approximate surface area is 82.7 Å². The molecule has 0 unspecified atom stereocenters. The molecule has 0 aromatic rings. The molecule has 0 aliphatic heterocycles. The predicted octanol–water partition coefficient (Wildman–Crippen LogP) is -1.36. The monoisotopic (exact) mass is 204 g/mol. The molecule has 0 radical (unpaired) electrons. The van der Waals surface area contributed by atoms with Gasteiger partial charge in [0.2, 0.25) is 11.8 Å². The zero-order chi connectivity index (χ0) is 10.8. The maximum atomic E-state index is 10.4. The molecule has 2 amide bonds. The maximum absolute atomic E-state index is 10.4.